The van der Waals surface area contributed by atoms with Crippen molar-refractivity contribution >= 4 is 46.0 Å². The summed E-state index contributed by atoms with van der Waals surface area (Å²) in [5.41, 5.74) is 0.0581. The Balaban J connectivity index is 1.27. The Kier molecular flexibility index (Phi) is 7.66. The van der Waals surface area contributed by atoms with Crippen LogP contribution in [0.2, 0.25) is 5.02 Å². The molecule has 41 heavy (non-hydrogen) atoms. The first kappa shape index (κ1) is 28.0. The lowest BCUT2D eigenvalue weighted by Crippen LogP contribution is -2.57. The molecule has 4 heterocycles. The molecule has 2 aliphatic heterocycles. The largest absolute Gasteiger partial charge is 0.408 e. The van der Waals surface area contributed by atoms with E-state index in [0.717, 1.165) is 49.4 Å². The standard InChI is InChI=1S/C27H31ClF4N8O/c28-16-6-7-21(20(29)13-16)35-23-19-14-34-39(15-27(30,31)32)24(19)37-26(36-23)38-11-8-18(9-12-38)40(17-3-1-4-17)25(41)22-5-2-10-33-22/h6-7,13-14,17-18,22,33H,1-5,8-12,15H2,(H,35,36,37). The van der Waals surface area contributed by atoms with Crippen LogP contribution in [-0.2, 0) is 11.3 Å². The molecule has 220 valence electrons. The third-order valence-corrected chi connectivity index (χ3v) is 8.45. The van der Waals surface area contributed by atoms with E-state index in [1.165, 1.54) is 18.3 Å². The van der Waals surface area contributed by atoms with Crippen LogP contribution in [0, 0.1) is 5.82 Å². The predicted octanol–water partition coefficient (Wildman–Crippen LogP) is 5.03. The smallest absolute Gasteiger partial charge is 0.341 e. The molecule has 3 aromatic rings. The molecule has 1 saturated carbocycles. The molecule has 9 nitrogen and oxygen atoms in total. The highest BCUT2D eigenvalue weighted by Crippen LogP contribution is 2.34. The van der Waals surface area contributed by atoms with Crippen LogP contribution < -0.4 is 15.5 Å². The van der Waals surface area contributed by atoms with E-state index in [0.29, 0.717) is 25.9 Å². The van der Waals surface area contributed by atoms with Gasteiger partial charge in [0.05, 0.1) is 23.3 Å². The zero-order chi connectivity index (χ0) is 28.7. The summed E-state index contributed by atoms with van der Waals surface area (Å²) >= 11 is 5.88. The van der Waals surface area contributed by atoms with Crippen molar-refractivity contribution in [3.8, 4) is 0 Å². The van der Waals surface area contributed by atoms with E-state index < -0.39 is 18.5 Å². The summed E-state index contributed by atoms with van der Waals surface area (Å²) in [6.07, 6.45) is 3.10. The average Bonchev–Trinajstić information content (AvgIpc) is 3.58. The van der Waals surface area contributed by atoms with Crippen molar-refractivity contribution in [2.24, 2.45) is 0 Å². The number of alkyl halides is 3. The van der Waals surface area contributed by atoms with Crippen molar-refractivity contribution in [1.82, 2.24) is 30.0 Å². The van der Waals surface area contributed by atoms with Gasteiger partial charge in [-0.1, -0.05) is 11.6 Å². The lowest BCUT2D eigenvalue weighted by atomic mass is 9.87. The number of rotatable bonds is 7. The number of amides is 1. The van der Waals surface area contributed by atoms with Gasteiger partial charge in [0.1, 0.15) is 18.2 Å². The van der Waals surface area contributed by atoms with Crippen LogP contribution in [0.15, 0.2) is 24.4 Å². The van der Waals surface area contributed by atoms with Crippen LogP contribution in [0.25, 0.3) is 11.0 Å². The molecule has 1 aliphatic carbocycles. The van der Waals surface area contributed by atoms with Crippen molar-refractivity contribution in [3.63, 3.8) is 0 Å². The molecular formula is C27H31ClF4N8O. The summed E-state index contributed by atoms with van der Waals surface area (Å²) in [4.78, 5) is 26.5. The molecule has 1 atom stereocenters. The summed E-state index contributed by atoms with van der Waals surface area (Å²) in [7, 11) is 0. The van der Waals surface area contributed by atoms with E-state index in [1.54, 1.807) is 0 Å². The molecule has 0 spiro atoms. The van der Waals surface area contributed by atoms with Crippen molar-refractivity contribution in [2.75, 3.05) is 29.9 Å². The van der Waals surface area contributed by atoms with E-state index in [4.69, 9.17) is 11.6 Å². The number of benzene rings is 1. The van der Waals surface area contributed by atoms with Crippen LogP contribution >= 0.6 is 11.6 Å². The van der Waals surface area contributed by atoms with Crippen molar-refractivity contribution < 1.29 is 22.4 Å². The summed E-state index contributed by atoms with van der Waals surface area (Å²) in [6, 6.07) is 4.28. The average molecular weight is 595 g/mol. The first-order chi connectivity index (χ1) is 19.7. The van der Waals surface area contributed by atoms with Crippen molar-refractivity contribution in [1.29, 1.82) is 0 Å². The third kappa shape index (κ3) is 5.92. The fourth-order valence-electron chi connectivity index (χ4n) is 5.93. The number of piperidine rings is 1. The number of halogens is 5. The van der Waals surface area contributed by atoms with Gasteiger partial charge in [-0.15, -0.1) is 0 Å². The highest BCUT2D eigenvalue weighted by Gasteiger charge is 2.39. The quantitative estimate of drug-likeness (QED) is 0.371. The first-order valence-corrected chi connectivity index (χ1v) is 14.4. The van der Waals surface area contributed by atoms with Gasteiger partial charge in [0.2, 0.25) is 11.9 Å². The number of fused-ring (bicyclic) bond motifs is 1. The minimum Gasteiger partial charge on any atom is -0.341 e. The number of hydrogen-bond donors (Lipinski definition) is 2. The Hall–Kier alpha value is -3.19. The van der Waals surface area contributed by atoms with E-state index in [9.17, 15) is 22.4 Å². The minimum absolute atomic E-state index is 0.00935. The van der Waals surface area contributed by atoms with Crippen molar-refractivity contribution in [3.05, 3.63) is 35.2 Å². The number of anilines is 3. The third-order valence-electron chi connectivity index (χ3n) is 8.22. The molecule has 0 bridgehead atoms. The van der Waals surface area contributed by atoms with Crippen LogP contribution in [0.3, 0.4) is 0 Å². The topological polar surface area (TPSA) is 91.2 Å². The molecule has 1 aromatic carbocycles. The Labute approximate surface area is 239 Å². The normalized spacial score (nSPS) is 20.4. The van der Waals surface area contributed by atoms with Gasteiger partial charge in [-0.3, -0.25) is 4.79 Å². The van der Waals surface area contributed by atoms with Gasteiger partial charge in [-0.05, 0) is 69.7 Å². The molecular weight excluding hydrogens is 564 g/mol. The number of hydrogen-bond acceptors (Lipinski definition) is 7. The second kappa shape index (κ2) is 11.2. The highest BCUT2D eigenvalue weighted by molar-refractivity contribution is 6.30. The number of nitrogens with zero attached hydrogens (tertiary/aromatic N) is 6. The fraction of sp³-hybridized carbons (Fsp3) is 0.556. The molecule has 0 radical (unpaired) electrons. The van der Waals surface area contributed by atoms with Crippen LogP contribution in [0.5, 0.6) is 0 Å². The number of carbonyl (C=O) groups excluding carboxylic acids is 1. The summed E-state index contributed by atoms with van der Waals surface area (Å²) in [6.45, 7) is 0.575. The summed E-state index contributed by atoms with van der Waals surface area (Å²) in [5, 5.41) is 10.6. The molecule has 3 aliphatic rings. The van der Waals surface area contributed by atoms with E-state index in [-0.39, 0.29) is 57.5 Å². The second-order valence-corrected chi connectivity index (χ2v) is 11.4. The van der Waals surface area contributed by atoms with Gasteiger partial charge in [0.25, 0.3) is 0 Å². The van der Waals surface area contributed by atoms with Gasteiger partial charge in [0.15, 0.2) is 5.65 Å². The molecule has 14 heteroatoms. The number of carbonyl (C=O) groups is 1. The van der Waals surface area contributed by atoms with Gasteiger partial charge >= 0.3 is 6.18 Å². The monoisotopic (exact) mass is 594 g/mol. The van der Waals surface area contributed by atoms with Crippen LogP contribution in [0.4, 0.5) is 35.0 Å². The number of nitrogens with one attached hydrogen (secondary N) is 2. The Morgan fingerprint density at radius 2 is 1.85 bits per heavy atom. The van der Waals surface area contributed by atoms with Crippen LogP contribution in [-0.4, -0.2) is 74.5 Å². The molecule has 1 amide bonds. The fourth-order valence-corrected chi connectivity index (χ4v) is 6.09. The SMILES string of the molecule is O=C(C1CCCN1)N(C1CCC1)C1CCN(c2nc(Nc3ccc(Cl)cc3F)c3cnn(CC(F)(F)F)c3n2)CC1. The lowest BCUT2D eigenvalue weighted by Gasteiger charge is -2.46. The van der Waals surface area contributed by atoms with Gasteiger partial charge in [0, 0.05) is 30.2 Å². The predicted molar refractivity (Wildman–Crippen MR) is 147 cm³/mol. The second-order valence-electron chi connectivity index (χ2n) is 11.0. The molecule has 3 fully saturated rings. The Bertz CT molecular complexity index is 1410. The highest BCUT2D eigenvalue weighted by atomic mass is 35.5. The molecule has 1 unspecified atom stereocenters. The Morgan fingerprint density at radius 3 is 2.49 bits per heavy atom. The van der Waals surface area contributed by atoms with Crippen LogP contribution in [0.1, 0.15) is 44.9 Å². The Morgan fingerprint density at radius 1 is 1.10 bits per heavy atom. The minimum atomic E-state index is -4.51. The lowest BCUT2D eigenvalue weighted by molar-refractivity contribution is -0.142. The molecule has 2 saturated heterocycles. The maximum atomic E-state index is 14.6. The zero-order valence-corrected chi connectivity index (χ0v) is 23.1. The van der Waals surface area contributed by atoms with Gasteiger partial charge in [-0.25, -0.2) is 9.07 Å². The maximum Gasteiger partial charge on any atom is 0.408 e. The van der Waals surface area contributed by atoms with Gasteiger partial charge < -0.3 is 20.4 Å². The van der Waals surface area contributed by atoms with Gasteiger partial charge in [-0.2, -0.15) is 28.2 Å². The maximum absolute atomic E-state index is 14.6. The first-order valence-electron chi connectivity index (χ1n) is 14.0. The molecule has 2 aromatic heterocycles. The molecule has 2 N–H and O–H groups in total. The van der Waals surface area contributed by atoms with E-state index in [2.05, 4.69) is 30.6 Å². The number of aromatic nitrogens is 4. The van der Waals surface area contributed by atoms with Crippen molar-refractivity contribution in [2.45, 2.75) is 75.8 Å². The van der Waals surface area contributed by atoms with E-state index in [1.807, 2.05) is 4.90 Å². The summed E-state index contributed by atoms with van der Waals surface area (Å²) in [5.74, 6) is -0.0984. The summed E-state index contributed by atoms with van der Waals surface area (Å²) < 4.78 is 55.3. The zero-order valence-electron chi connectivity index (χ0n) is 22.3. The van der Waals surface area contributed by atoms with E-state index >= 15 is 0 Å². The molecule has 6 rings (SSSR count).